The van der Waals surface area contributed by atoms with Crippen molar-refractivity contribution in [2.45, 2.75) is 32.7 Å². The Morgan fingerprint density at radius 2 is 2.12 bits per heavy atom. The molecule has 5 heteroatoms. The topological polar surface area (TPSA) is 73.1 Å². The van der Waals surface area contributed by atoms with Crippen molar-refractivity contribution < 1.29 is 4.74 Å². The standard InChI is InChI=1S/C12H20N4O/c1-8-7-11(16-12(13)14-8)15-9(2)10-3-5-17-6-4-10/h7,9-10H,3-6H2,1-2H3,(H3,13,14,15,16). The Kier molecular flexibility index (Phi) is 3.78. The van der Waals surface area contributed by atoms with Gasteiger partial charge in [-0.1, -0.05) is 0 Å². The van der Waals surface area contributed by atoms with E-state index < -0.39 is 0 Å². The number of anilines is 2. The minimum atomic E-state index is 0.326. The van der Waals surface area contributed by atoms with Gasteiger partial charge in [0.15, 0.2) is 0 Å². The molecule has 1 atom stereocenters. The molecule has 5 nitrogen and oxygen atoms in total. The molecule has 17 heavy (non-hydrogen) atoms. The van der Waals surface area contributed by atoms with Crippen LogP contribution in [0.15, 0.2) is 6.07 Å². The maximum absolute atomic E-state index is 5.63. The van der Waals surface area contributed by atoms with Gasteiger partial charge in [0.05, 0.1) is 0 Å². The lowest BCUT2D eigenvalue weighted by Crippen LogP contribution is -2.31. The van der Waals surface area contributed by atoms with E-state index in [9.17, 15) is 0 Å². The largest absolute Gasteiger partial charge is 0.381 e. The highest BCUT2D eigenvalue weighted by Gasteiger charge is 2.20. The molecule has 0 saturated carbocycles. The maximum atomic E-state index is 5.63. The summed E-state index contributed by atoms with van der Waals surface area (Å²) in [5, 5.41) is 3.41. The van der Waals surface area contributed by atoms with Crippen LogP contribution < -0.4 is 11.1 Å². The van der Waals surface area contributed by atoms with Crippen molar-refractivity contribution in [1.82, 2.24) is 9.97 Å². The number of nitrogens with two attached hydrogens (primary N) is 1. The van der Waals surface area contributed by atoms with Crippen molar-refractivity contribution in [2.75, 3.05) is 24.3 Å². The zero-order valence-electron chi connectivity index (χ0n) is 10.4. The Morgan fingerprint density at radius 1 is 1.41 bits per heavy atom. The number of hydrogen-bond donors (Lipinski definition) is 2. The van der Waals surface area contributed by atoms with E-state index in [4.69, 9.17) is 10.5 Å². The molecule has 0 bridgehead atoms. The highest BCUT2D eigenvalue weighted by Crippen LogP contribution is 2.21. The summed E-state index contributed by atoms with van der Waals surface area (Å²) in [6.07, 6.45) is 2.21. The predicted octanol–water partition coefficient (Wildman–Crippen LogP) is 1.59. The first-order chi connectivity index (χ1) is 8.15. The van der Waals surface area contributed by atoms with Gasteiger partial charge in [-0.05, 0) is 32.6 Å². The van der Waals surface area contributed by atoms with Gasteiger partial charge in [-0.15, -0.1) is 0 Å². The Bertz CT molecular complexity index is 357. The highest BCUT2D eigenvalue weighted by molar-refractivity contribution is 5.41. The molecule has 0 amide bonds. The Morgan fingerprint density at radius 3 is 2.76 bits per heavy atom. The summed E-state index contributed by atoms with van der Waals surface area (Å²) in [5.41, 5.74) is 6.52. The van der Waals surface area contributed by atoms with Crippen LogP contribution in [0.4, 0.5) is 11.8 Å². The molecule has 2 heterocycles. The predicted molar refractivity (Wildman–Crippen MR) is 67.8 cm³/mol. The van der Waals surface area contributed by atoms with Crippen molar-refractivity contribution in [2.24, 2.45) is 5.92 Å². The molecule has 94 valence electrons. The first kappa shape index (κ1) is 12.1. The Balaban J connectivity index is 1.99. The van der Waals surface area contributed by atoms with Crippen molar-refractivity contribution in [3.63, 3.8) is 0 Å². The van der Waals surface area contributed by atoms with Gasteiger partial charge >= 0.3 is 0 Å². The van der Waals surface area contributed by atoms with Gasteiger partial charge in [0.1, 0.15) is 5.82 Å². The average Bonchev–Trinajstić information content (AvgIpc) is 2.28. The second-order valence-corrected chi connectivity index (χ2v) is 4.64. The molecular weight excluding hydrogens is 216 g/mol. The molecule has 2 rings (SSSR count). The van der Waals surface area contributed by atoms with E-state index in [1.165, 1.54) is 0 Å². The zero-order valence-corrected chi connectivity index (χ0v) is 10.4. The van der Waals surface area contributed by atoms with Crippen LogP contribution in [-0.4, -0.2) is 29.2 Å². The molecule has 1 saturated heterocycles. The lowest BCUT2D eigenvalue weighted by atomic mass is 9.93. The second kappa shape index (κ2) is 5.31. The van der Waals surface area contributed by atoms with Gasteiger partial charge in [-0.3, -0.25) is 0 Å². The lowest BCUT2D eigenvalue weighted by molar-refractivity contribution is 0.0622. The van der Waals surface area contributed by atoms with Gasteiger partial charge < -0.3 is 15.8 Å². The number of aromatic nitrogens is 2. The third-order valence-electron chi connectivity index (χ3n) is 3.22. The number of nitrogens with one attached hydrogen (secondary N) is 1. The van der Waals surface area contributed by atoms with E-state index >= 15 is 0 Å². The van der Waals surface area contributed by atoms with E-state index in [2.05, 4.69) is 22.2 Å². The van der Waals surface area contributed by atoms with Gasteiger partial charge in [0.25, 0.3) is 0 Å². The zero-order chi connectivity index (χ0) is 12.3. The van der Waals surface area contributed by atoms with Crippen LogP contribution in [0.3, 0.4) is 0 Å². The van der Waals surface area contributed by atoms with Crippen LogP contribution in [0.2, 0.25) is 0 Å². The fraction of sp³-hybridized carbons (Fsp3) is 0.667. The molecule has 1 unspecified atom stereocenters. The molecule has 0 aliphatic carbocycles. The molecular formula is C12H20N4O. The summed E-state index contributed by atoms with van der Waals surface area (Å²) >= 11 is 0. The van der Waals surface area contributed by atoms with Gasteiger partial charge in [-0.25, -0.2) is 4.98 Å². The monoisotopic (exact) mass is 236 g/mol. The molecule has 1 aliphatic rings. The minimum Gasteiger partial charge on any atom is -0.381 e. The van der Waals surface area contributed by atoms with E-state index in [0.717, 1.165) is 37.6 Å². The summed E-state index contributed by atoms with van der Waals surface area (Å²) in [4.78, 5) is 8.25. The van der Waals surface area contributed by atoms with E-state index in [0.29, 0.717) is 17.9 Å². The van der Waals surface area contributed by atoms with Crippen LogP contribution in [0.1, 0.15) is 25.5 Å². The van der Waals surface area contributed by atoms with Gasteiger partial charge in [-0.2, -0.15) is 4.98 Å². The summed E-state index contributed by atoms with van der Waals surface area (Å²) in [7, 11) is 0. The minimum absolute atomic E-state index is 0.326. The van der Waals surface area contributed by atoms with Gasteiger partial charge in [0.2, 0.25) is 5.95 Å². The first-order valence-corrected chi connectivity index (χ1v) is 6.10. The summed E-state index contributed by atoms with van der Waals surface area (Å²) < 4.78 is 5.36. The van der Waals surface area contributed by atoms with Crippen LogP contribution in [0.25, 0.3) is 0 Å². The molecule has 0 radical (unpaired) electrons. The fourth-order valence-corrected chi connectivity index (χ4v) is 2.23. The number of rotatable bonds is 3. The van der Waals surface area contributed by atoms with Crippen LogP contribution in [0, 0.1) is 12.8 Å². The van der Waals surface area contributed by atoms with E-state index in [1.807, 2.05) is 13.0 Å². The lowest BCUT2D eigenvalue weighted by Gasteiger charge is -2.28. The number of nitrogens with zero attached hydrogens (tertiary/aromatic N) is 2. The number of hydrogen-bond acceptors (Lipinski definition) is 5. The Hall–Kier alpha value is -1.36. The number of ether oxygens (including phenoxy) is 1. The average molecular weight is 236 g/mol. The molecule has 0 aromatic carbocycles. The molecule has 1 aromatic heterocycles. The van der Waals surface area contributed by atoms with Crippen LogP contribution >= 0.6 is 0 Å². The van der Waals surface area contributed by atoms with E-state index in [1.54, 1.807) is 0 Å². The third-order valence-corrected chi connectivity index (χ3v) is 3.22. The van der Waals surface area contributed by atoms with Crippen LogP contribution in [0.5, 0.6) is 0 Å². The third kappa shape index (κ3) is 3.30. The second-order valence-electron chi connectivity index (χ2n) is 4.64. The number of aryl methyl sites for hydroxylation is 1. The highest BCUT2D eigenvalue weighted by atomic mass is 16.5. The Labute approximate surface area is 102 Å². The molecule has 1 fully saturated rings. The summed E-state index contributed by atoms with van der Waals surface area (Å²) in [5.74, 6) is 1.78. The molecule has 1 aliphatic heterocycles. The molecule has 0 spiro atoms. The fourth-order valence-electron chi connectivity index (χ4n) is 2.23. The maximum Gasteiger partial charge on any atom is 0.222 e. The quantitative estimate of drug-likeness (QED) is 0.833. The van der Waals surface area contributed by atoms with Crippen molar-refractivity contribution in [1.29, 1.82) is 0 Å². The molecule has 1 aromatic rings. The van der Waals surface area contributed by atoms with Crippen molar-refractivity contribution in [3.8, 4) is 0 Å². The van der Waals surface area contributed by atoms with Crippen LogP contribution in [-0.2, 0) is 4.74 Å². The molecule has 3 N–H and O–H groups in total. The summed E-state index contributed by atoms with van der Waals surface area (Å²) in [6.45, 7) is 5.83. The SMILES string of the molecule is Cc1cc(NC(C)C2CCOCC2)nc(N)n1. The summed E-state index contributed by atoms with van der Waals surface area (Å²) in [6, 6.07) is 2.30. The first-order valence-electron chi connectivity index (χ1n) is 6.10. The van der Waals surface area contributed by atoms with E-state index in [-0.39, 0.29) is 0 Å². The smallest absolute Gasteiger partial charge is 0.222 e. The van der Waals surface area contributed by atoms with Crippen molar-refractivity contribution >= 4 is 11.8 Å². The normalized spacial score (nSPS) is 18.9. The van der Waals surface area contributed by atoms with Crippen molar-refractivity contribution in [3.05, 3.63) is 11.8 Å². The van der Waals surface area contributed by atoms with Gasteiger partial charge in [0, 0.05) is 31.0 Å². The number of nitrogen functional groups attached to an aromatic ring is 1.